The van der Waals surface area contributed by atoms with Crippen molar-refractivity contribution in [1.29, 1.82) is 0 Å². The molecule has 1 unspecified atom stereocenters. The van der Waals surface area contributed by atoms with Crippen LogP contribution in [0.25, 0.3) is 0 Å². The third kappa shape index (κ3) is 4.20. The fourth-order valence-electron chi connectivity index (χ4n) is 1.83. The molecule has 0 aliphatic carbocycles. The van der Waals surface area contributed by atoms with Crippen molar-refractivity contribution in [3.63, 3.8) is 0 Å². The standard InChI is InChI=1S/C13H19ClN2O2/c1-9(13(18)15-2)7-16(3)8-10-6-11(14)4-5-12(10)17/h4-6,9,17H,7-8H2,1-3H3,(H,15,18). The average molecular weight is 271 g/mol. The van der Waals surface area contributed by atoms with Crippen LogP contribution in [0.3, 0.4) is 0 Å². The topological polar surface area (TPSA) is 52.6 Å². The van der Waals surface area contributed by atoms with E-state index in [2.05, 4.69) is 5.32 Å². The Labute approximate surface area is 113 Å². The minimum atomic E-state index is -0.0960. The summed E-state index contributed by atoms with van der Waals surface area (Å²) in [5, 5.41) is 12.9. The Balaban J connectivity index is 2.61. The molecule has 0 saturated heterocycles. The van der Waals surface area contributed by atoms with Crippen LogP contribution >= 0.6 is 11.6 Å². The Morgan fingerprint density at radius 3 is 2.83 bits per heavy atom. The number of hydrogen-bond acceptors (Lipinski definition) is 3. The van der Waals surface area contributed by atoms with E-state index in [0.717, 1.165) is 5.56 Å². The van der Waals surface area contributed by atoms with E-state index in [1.807, 2.05) is 18.9 Å². The van der Waals surface area contributed by atoms with Gasteiger partial charge in [-0.3, -0.25) is 4.79 Å². The maximum atomic E-state index is 11.4. The molecule has 2 N–H and O–H groups in total. The van der Waals surface area contributed by atoms with Crippen LogP contribution in [-0.2, 0) is 11.3 Å². The van der Waals surface area contributed by atoms with Crippen molar-refractivity contribution in [2.45, 2.75) is 13.5 Å². The summed E-state index contributed by atoms with van der Waals surface area (Å²) in [6, 6.07) is 4.96. The zero-order valence-electron chi connectivity index (χ0n) is 10.9. The van der Waals surface area contributed by atoms with E-state index in [9.17, 15) is 9.90 Å². The summed E-state index contributed by atoms with van der Waals surface area (Å²) in [7, 11) is 3.53. The number of nitrogens with zero attached hydrogens (tertiary/aromatic N) is 1. The summed E-state index contributed by atoms with van der Waals surface area (Å²) in [6.45, 7) is 3.03. The Morgan fingerprint density at radius 1 is 1.56 bits per heavy atom. The average Bonchev–Trinajstić information content (AvgIpc) is 2.32. The van der Waals surface area contributed by atoms with Gasteiger partial charge in [-0.15, -0.1) is 0 Å². The number of phenols is 1. The molecule has 0 aliphatic heterocycles. The molecule has 1 atom stereocenters. The van der Waals surface area contributed by atoms with Crippen molar-refractivity contribution in [3.05, 3.63) is 28.8 Å². The van der Waals surface area contributed by atoms with E-state index in [-0.39, 0.29) is 17.6 Å². The Bertz CT molecular complexity index is 423. The van der Waals surface area contributed by atoms with Gasteiger partial charge < -0.3 is 15.3 Å². The van der Waals surface area contributed by atoms with Gasteiger partial charge in [0.05, 0.1) is 0 Å². The molecule has 0 aliphatic rings. The predicted molar refractivity (Wildman–Crippen MR) is 72.7 cm³/mol. The molecular formula is C13H19ClN2O2. The lowest BCUT2D eigenvalue weighted by atomic mass is 10.1. The van der Waals surface area contributed by atoms with Gasteiger partial charge >= 0.3 is 0 Å². The zero-order valence-corrected chi connectivity index (χ0v) is 11.7. The van der Waals surface area contributed by atoms with Crippen LogP contribution in [0.2, 0.25) is 5.02 Å². The second kappa shape index (κ2) is 6.61. The number of hydrogen-bond donors (Lipinski definition) is 2. The third-order valence-electron chi connectivity index (χ3n) is 2.76. The van der Waals surface area contributed by atoms with Crippen molar-refractivity contribution in [2.24, 2.45) is 5.92 Å². The van der Waals surface area contributed by atoms with E-state index in [1.54, 1.807) is 25.2 Å². The largest absolute Gasteiger partial charge is 0.508 e. The molecule has 0 heterocycles. The van der Waals surface area contributed by atoms with Gasteiger partial charge in [0.25, 0.3) is 0 Å². The molecule has 5 heteroatoms. The highest BCUT2D eigenvalue weighted by Crippen LogP contribution is 2.22. The first-order chi connectivity index (χ1) is 8.43. The molecule has 0 spiro atoms. The van der Waals surface area contributed by atoms with Crippen molar-refractivity contribution < 1.29 is 9.90 Å². The maximum absolute atomic E-state index is 11.4. The first kappa shape index (κ1) is 14.8. The monoisotopic (exact) mass is 270 g/mol. The molecular weight excluding hydrogens is 252 g/mol. The molecule has 0 radical (unpaired) electrons. The quantitative estimate of drug-likeness (QED) is 0.859. The van der Waals surface area contributed by atoms with Crippen LogP contribution in [0, 0.1) is 5.92 Å². The highest BCUT2D eigenvalue weighted by Gasteiger charge is 2.14. The number of nitrogens with one attached hydrogen (secondary N) is 1. The first-order valence-electron chi connectivity index (χ1n) is 5.81. The summed E-state index contributed by atoms with van der Waals surface area (Å²) >= 11 is 5.89. The Kier molecular flexibility index (Phi) is 5.44. The van der Waals surface area contributed by atoms with Gasteiger partial charge in [0.2, 0.25) is 5.91 Å². The molecule has 0 fully saturated rings. The normalized spacial score (nSPS) is 12.5. The number of aromatic hydroxyl groups is 1. The predicted octanol–water partition coefficient (Wildman–Crippen LogP) is 1.86. The number of halogens is 1. The fraction of sp³-hybridized carbons (Fsp3) is 0.462. The molecule has 1 amide bonds. The third-order valence-corrected chi connectivity index (χ3v) is 3.00. The van der Waals surface area contributed by atoms with Gasteiger partial charge in [-0.2, -0.15) is 0 Å². The lowest BCUT2D eigenvalue weighted by Crippen LogP contribution is -2.34. The van der Waals surface area contributed by atoms with Gasteiger partial charge in [-0.25, -0.2) is 0 Å². The van der Waals surface area contributed by atoms with Crippen LogP contribution in [0.5, 0.6) is 5.75 Å². The summed E-state index contributed by atoms with van der Waals surface area (Å²) < 4.78 is 0. The minimum Gasteiger partial charge on any atom is -0.508 e. The molecule has 18 heavy (non-hydrogen) atoms. The highest BCUT2D eigenvalue weighted by atomic mass is 35.5. The maximum Gasteiger partial charge on any atom is 0.223 e. The van der Waals surface area contributed by atoms with Crippen molar-refractivity contribution in [3.8, 4) is 5.75 Å². The molecule has 1 rings (SSSR count). The van der Waals surface area contributed by atoms with Gasteiger partial charge in [-0.1, -0.05) is 18.5 Å². The van der Waals surface area contributed by atoms with Crippen LogP contribution < -0.4 is 5.32 Å². The van der Waals surface area contributed by atoms with Crippen molar-refractivity contribution in [1.82, 2.24) is 10.2 Å². The van der Waals surface area contributed by atoms with Crippen LogP contribution in [0.15, 0.2) is 18.2 Å². The van der Waals surface area contributed by atoms with E-state index >= 15 is 0 Å². The zero-order chi connectivity index (χ0) is 13.7. The van der Waals surface area contributed by atoms with Gasteiger partial charge in [0, 0.05) is 36.6 Å². The second-order valence-electron chi connectivity index (χ2n) is 4.49. The molecule has 0 bridgehead atoms. The summed E-state index contributed by atoms with van der Waals surface area (Å²) in [5.74, 6) is 0.136. The van der Waals surface area contributed by atoms with E-state index in [0.29, 0.717) is 18.1 Å². The van der Waals surface area contributed by atoms with Crippen LogP contribution in [0.4, 0.5) is 0 Å². The minimum absolute atomic E-state index is 0.0113. The van der Waals surface area contributed by atoms with Crippen LogP contribution in [0.1, 0.15) is 12.5 Å². The van der Waals surface area contributed by atoms with E-state index in [4.69, 9.17) is 11.6 Å². The molecule has 0 saturated carbocycles. The number of rotatable bonds is 5. The lowest BCUT2D eigenvalue weighted by molar-refractivity contribution is -0.124. The number of carbonyl (C=O) groups excluding carboxylic acids is 1. The van der Waals surface area contributed by atoms with Gasteiger partial charge in [0.15, 0.2) is 0 Å². The number of phenolic OH excluding ortho intramolecular Hbond substituents is 1. The lowest BCUT2D eigenvalue weighted by Gasteiger charge is -2.21. The Hall–Kier alpha value is -1.26. The second-order valence-corrected chi connectivity index (χ2v) is 4.92. The smallest absolute Gasteiger partial charge is 0.223 e. The molecule has 4 nitrogen and oxygen atoms in total. The first-order valence-corrected chi connectivity index (χ1v) is 6.19. The summed E-state index contributed by atoms with van der Waals surface area (Å²) in [5.41, 5.74) is 0.758. The van der Waals surface area contributed by atoms with E-state index < -0.39 is 0 Å². The summed E-state index contributed by atoms with van der Waals surface area (Å²) in [4.78, 5) is 13.4. The van der Waals surface area contributed by atoms with E-state index in [1.165, 1.54) is 0 Å². The SMILES string of the molecule is CNC(=O)C(C)CN(C)Cc1cc(Cl)ccc1O. The Morgan fingerprint density at radius 2 is 2.22 bits per heavy atom. The van der Waals surface area contributed by atoms with Gasteiger partial charge in [-0.05, 0) is 25.2 Å². The number of amides is 1. The van der Waals surface area contributed by atoms with Crippen LogP contribution in [-0.4, -0.2) is 36.6 Å². The number of benzene rings is 1. The summed E-state index contributed by atoms with van der Waals surface area (Å²) in [6.07, 6.45) is 0. The van der Waals surface area contributed by atoms with Gasteiger partial charge in [0.1, 0.15) is 5.75 Å². The molecule has 1 aromatic rings. The molecule has 100 valence electrons. The number of carbonyl (C=O) groups is 1. The highest BCUT2D eigenvalue weighted by molar-refractivity contribution is 6.30. The van der Waals surface area contributed by atoms with Crippen molar-refractivity contribution in [2.75, 3.05) is 20.6 Å². The molecule has 1 aromatic carbocycles. The molecule has 0 aromatic heterocycles. The fourth-order valence-corrected chi connectivity index (χ4v) is 2.03. The van der Waals surface area contributed by atoms with Crippen molar-refractivity contribution >= 4 is 17.5 Å².